The zero-order valence-electron chi connectivity index (χ0n) is 12.4. The maximum Gasteiger partial charge on any atom is 0.372 e. The van der Waals surface area contributed by atoms with E-state index in [9.17, 15) is 14.4 Å². The monoisotopic (exact) mass is 317 g/mol. The number of hydrogen-bond acceptors (Lipinski definition) is 6. The van der Waals surface area contributed by atoms with Crippen molar-refractivity contribution in [1.29, 1.82) is 0 Å². The summed E-state index contributed by atoms with van der Waals surface area (Å²) in [6, 6.07) is -0.709. The Hall–Kier alpha value is -1.51. The van der Waals surface area contributed by atoms with Gasteiger partial charge in [-0.05, 0) is 31.6 Å². The fraction of sp³-hybridized carbons (Fsp3) is 0.786. The Balaban J connectivity index is 0.000000220. The number of carbonyl (C=O) groups is 3. The van der Waals surface area contributed by atoms with E-state index in [1.165, 1.54) is 0 Å². The van der Waals surface area contributed by atoms with E-state index in [4.69, 9.17) is 25.4 Å². The second-order valence-electron chi connectivity index (χ2n) is 5.37. The van der Waals surface area contributed by atoms with Gasteiger partial charge in [0.1, 0.15) is 6.04 Å². The number of carboxylic acid groups (broad SMARTS) is 2. The molecule has 0 bridgehead atoms. The van der Waals surface area contributed by atoms with Crippen LogP contribution in [-0.4, -0.2) is 60.4 Å². The van der Waals surface area contributed by atoms with Gasteiger partial charge in [-0.3, -0.25) is 9.59 Å². The van der Waals surface area contributed by atoms with Gasteiger partial charge < -0.3 is 25.4 Å². The van der Waals surface area contributed by atoms with Crippen LogP contribution in [0, 0.1) is 11.8 Å². The molecule has 0 aliphatic carbocycles. The van der Waals surface area contributed by atoms with Crippen LogP contribution in [0.15, 0.2) is 0 Å². The summed E-state index contributed by atoms with van der Waals surface area (Å²) in [6.45, 7) is 2.30. The number of nitrogens with two attached hydrogens (primary N) is 1. The fourth-order valence-electron chi connectivity index (χ4n) is 2.41. The molecular weight excluding hydrogens is 294 g/mol. The zero-order valence-corrected chi connectivity index (χ0v) is 12.4. The van der Waals surface area contributed by atoms with E-state index in [1.807, 2.05) is 0 Å². The molecule has 0 spiro atoms. The van der Waals surface area contributed by atoms with E-state index >= 15 is 0 Å². The summed E-state index contributed by atoms with van der Waals surface area (Å²) in [5.74, 6) is -3.12. The Kier molecular flexibility index (Phi) is 8.00. The smallest absolute Gasteiger partial charge is 0.372 e. The number of Topliss-reactive ketones (excluding diaryl/α,β-unsaturated/α-hetero) is 1. The largest absolute Gasteiger partial charge is 0.480 e. The molecule has 4 N–H and O–H groups in total. The van der Waals surface area contributed by atoms with E-state index < -0.39 is 23.8 Å². The van der Waals surface area contributed by atoms with E-state index in [0.29, 0.717) is 39.3 Å². The standard InChI is InChI=1S/C7H13NO3.C7H10O4/c2*8-6(7(9)10)5-1-3-11-4-2-5/h5-6H,1-4,8H2,(H,9,10);5H,1-4H2,(H,9,10)/t6-;/m0./s1. The molecule has 0 radical (unpaired) electrons. The minimum absolute atomic E-state index is 0.0984. The number of ether oxygens (including phenoxy) is 2. The lowest BCUT2D eigenvalue weighted by molar-refractivity contribution is -0.152. The van der Waals surface area contributed by atoms with Crippen LogP contribution in [0.2, 0.25) is 0 Å². The lowest BCUT2D eigenvalue weighted by Crippen LogP contribution is -2.40. The van der Waals surface area contributed by atoms with Crippen LogP contribution < -0.4 is 5.73 Å². The summed E-state index contributed by atoms with van der Waals surface area (Å²) in [5.41, 5.74) is 5.44. The Morgan fingerprint density at radius 1 is 0.909 bits per heavy atom. The van der Waals surface area contributed by atoms with Crippen molar-refractivity contribution in [2.75, 3.05) is 26.4 Å². The first-order valence-electron chi connectivity index (χ1n) is 7.34. The highest BCUT2D eigenvalue weighted by Crippen LogP contribution is 2.17. The maximum atomic E-state index is 10.8. The number of ketones is 1. The summed E-state index contributed by atoms with van der Waals surface area (Å²) in [6.07, 6.45) is 2.64. The topological polar surface area (TPSA) is 136 Å². The van der Waals surface area contributed by atoms with Gasteiger partial charge in [-0.1, -0.05) is 0 Å². The highest BCUT2D eigenvalue weighted by molar-refractivity contribution is 6.33. The van der Waals surface area contributed by atoms with E-state index in [-0.39, 0.29) is 11.8 Å². The van der Waals surface area contributed by atoms with Crippen LogP contribution in [0.3, 0.4) is 0 Å². The zero-order chi connectivity index (χ0) is 16.5. The van der Waals surface area contributed by atoms with Gasteiger partial charge in [0, 0.05) is 32.3 Å². The summed E-state index contributed by atoms with van der Waals surface area (Å²) in [7, 11) is 0. The molecule has 2 rings (SSSR count). The molecule has 0 unspecified atom stereocenters. The molecular formula is C14H23NO7. The van der Waals surface area contributed by atoms with Crippen molar-refractivity contribution in [2.24, 2.45) is 17.6 Å². The molecule has 2 aliphatic rings. The molecule has 2 saturated heterocycles. The van der Waals surface area contributed by atoms with E-state index in [0.717, 1.165) is 12.8 Å². The van der Waals surface area contributed by atoms with Crippen molar-refractivity contribution in [1.82, 2.24) is 0 Å². The molecule has 2 aliphatic heterocycles. The average Bonchev–Trinajstić information content (AvgIpc) is 2.55. The summed E-state index contributed by atoms with van der Waals surface area (Å²) < 4.78 is 10.1. The number of rotatable bonds is 4. The molecule has 2 heterocycles. The van der Waals surface area contributed by atoms with Crippen LogP contribution in [0.1, 0.15) is 25.7 Å². The van der Waals surface area contributed by atoms with Gasteiger partial charge in [-0.15, -0.1) is 0 Å². The summed E-state index contributed by atoms with van der Waals surface area (Å²) in [5, 5.41) is 16.9. The van der Waals surface area contributed by atoms with Gasteiger partial charge in [0.25, 0.3) is 0 Å². The van der Waals surface area contributed by atoms with Crippen molar-refractivity contribution in [2.45, 2.75) is 31.7 Å². The predicted octanol–water partition coefficient (Wildman–Crippen LogP) is -0.108. The molecule has 8 nitrogen and oxygen atoms in total. The normalized spacial score (nSPS) is 21.3. The molecule has 126 valence electrons. The predicted molar refractivity (Wildman–Crippen MR) is 75.3 cm³/mol. The molecule has 0 aromatic rings. The highest BCUT2D eigenvalue weighted by Gasteiger charge is 2.26. The number of aliphatic carboxylic acids is 2. The molecule has 1 atom stereocenters. The first-order chi connectivity index (χ1) is 10.4. The van der Waals surface area contributed by atoms with Crippen molar-refractivity contribution in [3.63, 3.8) is 0 Å². The quantitative estimate of drug-likeness (QED) is 0.611. The van der Waals surface area contributed by atoms with Crippen LogP contribution in [0.25, 0.3) is 0 Å². The van der Waals surface area contributed by atoms with Gasteiger partial charge in [0.2, 0.25) is 5.78 Å². The first-order valence-corrected chi connectivity index (χ1v) is 7.34. The molecule has 0 saturated carbocycles. The minimum atomic E-state index is -1.32. The third-order valence-corrected chi connectivity index (χ3v) is 3.86. The average molecular weight is 317 g/mol. The van der Waals surface area contributed by atoms with Crippen LogP contribution in [0.4, 0.5) is 0 Å². The third kappa shape index (κ3) is 6.08. The Morgan fingerprint density at radius 2 is 1.36 bits per heavy atom. The van der Waals surface area contributed by atoms with Crippen molar-refractivity contribution in [3.8, 4) is 0 Å². The van der Waals surface area contributed by atoms with Gasteiger partial charge in [-0.25, -0.2) is 4.79 Å². The SMILES string of the molecule is N[C@H](C(=O)O)C1CCOCC1.O=C(O)C(=O)C1CCOCC1. The van der Waals surface area contributed by atoms with Gasteiger partial charge >= 0.3 is 11.9 Å². The lowest BCUT2D eigenvalue weighted by atomic mass is 9.92. The Morgan fingerprint density at radius 3 is 1.77 bits per heavy atom. The fourth-order valence-corrected chi connectivity index (χ4v) is 2.41. The van der Waals surface area contributed by atoms with Crippen LogP contribution >= 0.6 is 0 Å². The Bertz CT molecular complexity index is 387. The maximum absolute atomic E-state index is 10.8. The highest BCUT2D eigenvalue weighted by atomic mass is 16.5. The molecule has 2 fully saturated rings. The lowest BCUT2D eigenvalue weighted by Gasteiger charge is -2.24. The molecule has 8 heteroatoms. The Labute approximate surface area is 128 Å². The molecule has 0 amide bonds. The first kappa shape index (κ1) is 18.5. The number of carboxylic acids is 2. The van der Waals surface area contributed by atoms with Crippen LogP contribution in [0.5, 0.6) is 0 Å². The van der Waals surface area contributed by atoms with E-state index in [1.54, 1.807) is 0 Å². The van der Waals surface area contributed by atoms with Crippen molar-refractivity contribution in [3.05, 3.63) is 0 Å². The third-order valence-electron chi connectivity index (χ3n) is 3.86. The van der Waals surface area contributed by atoms with Crippen LogP contribution in [-0.2, 0) is 23.9 Å². The molecule has 22 heavy (non-hydrogen) atoms. The number of carbonyl (C=O) groups excluding carboxylic acids is 1. The molecule has 0 aromatic heterocycles. The van der Waals surface area contributed by atoms with Gasteiger partial charge in [0.05, 0.1) is 0 Å². The summed E-state index contributed by atoms with van der Waals surface area (Å²) >= 11 is 0. The number of hydrogen-bond donors (Lipinski definition) is 3. The second-order valence-corrected chi connectivity index (χ2v) is 5.37. The second kappa shape index (κ2) is 9.50. The van der Waals surface area contributed by atoms with Crippen molar-refractivity contribution < 1.29 is 34.1 Å². The van der Waals surface area contributed by atoms with Crippen molar-refractivity contribution >= 4 is 17.7 Å². The minimum Gasteiger partial charge on any atom is -0.480 e. The van der Waals surface area contributed by atoms with Gasteiger partial charge in [-0.2, -0.15) is 0 Å². The van der Waals surface area contributed by atoms with Gasteiger partial charge in [0.15, 0.2) is 0 Å². The molecule has 0 aromatic carbocycles. The summed E-state index contributed by atoms with van der Waals surface area (Å²) in [4.78, 5) is 31.5. The van der Waals surface area contributed by atoms with E-state index in [2.05, 4.69) is 0 Å².